The van der Waals surface area contributed by atoms with Crippen LogP contribution in [0.4, 0.5) is 0 Å². The van der Waals surface area contributed by atoms with E-state index in [9.17, 15) is 9.59 Å². The molecule has 0 bridgehead atoms. The molecule has 22 heavy (non-hydrogen) atoms. The lowest BCUT2D eigenvalue weighted by atomic mass is 10.0. The SMILES string of the molecule is CC1CCNCC1.O=COCC(CC(=O)O)c1ccccn1. The first-order chi connectivity index (χ1) is 10.6. The van der Waals surface area contributed by atoms with Crippen molar-refractivity contribution in [3.05, 3.63) is 30.1 Å². The second-order valence-electron chi connectivity index (χ2n) is 5.41. The lowest BCUT2D eigenvalue weighted by Gasteiger charge is -2.17. The van der Waals surface area contributed by atoms with Gasteiger partial charge >= 0.3 is 5.97 Å². The van der Waals surface area contributed by atoms with Crippen LogP contribution in [-0.4, -0.2) is 42.2 Å². The van der Waals surface area contributed by atoms with E-state index in [0.717, 1.165) is 5.92 Å². The average Bonchev–Trinajstić information content (AvgIpc) is 2.53. The number of carboxylic acid groups (broad SMARTS) is 1. The van der Waals surface area contributed by atoms with Crippen LogP contribution >= 0.6 is 0 Å². The van der Waals surface area contributed by atoms with Gasteiger partial charge in [0.2, 0.25) is 0 Å². The van der Waals surface area contributed by atoms with Crippen molar-refractivity contribution in [2.45, 2.75) is 32.1 Å². The maximum absolute atomic E-state index is 10.6. The van der Waals surface area contributed by atoms with Crippen molar-refractivity contribution in [2.75, 3.05) is 19.7 Å². The Labute approximate surface area is 130 Å². The van der Waals surface area contributed by atoms with Crippen LogP contribution in [0, 0.1) is 5.92 Å². The number of aromatic nitrogens is 1. The van der Waals surface area contributed by atoms with Crippen LogP contribution in [-0.2, 0) is 14.3 Å². The van der Waals surface area contributed by atoms with Crippen molar-refractivity contribution in [1.82, 2.24) is 10.3 Å². The summed E-state index contributed by atoms with van der Waals surface area (Å²) in [7, 11) is 0. The highest BCUT2D eigenvalue weighted by molar-refractivity contribution is 5.68. The molecular formula is C16H24N2O4. The van der Waals surface area contributed by atoms with Gasteiger partial charge in [-0.15, -0.1) is 0 Å². The number of pyridine rings is 1. The van der Waals surface area contributed by atoms with E-state index in [0.29, 0.717) is 12.2 Å². The molecule has 0 saturated carbocycles. The molecule has 1 atom stereocenters. The fourth-order valence-corrected chi connectivity index (χ4v) is 2.20. The zero-order chi connectivity index (χ0) is 16.2. The summed E-state index contributed by atoms with van der Waals surface area (Å²) < 4.78 is 4.57. The summed E-state index contributed by atoms with van der Waals surface area (Å²) in [5.74, 6) is -0.365. The predicted octanol–water partition coefficient (Wildman–Crippen LogP) is 1.82. The lowest BCUT2D eigenvalue weighted by molar-refractivity contribution is -0.139. The molecule has 1 aromatic rings. The Morgan fingerprint density at radius 1 is 1.50 bits per heavy atom. The minimum atomic E-state index is -0.944. The van der Waals surface area contributed by atoms with Crippen molar-refractivity contribution in [1.29, 1.82) is 0 Å². The van der Waals surface area contributed by atoms with Gasteiger partial charge in [-0.3, -0.25) is 14.6 Å². The highest BCUT2D eigenvalue weighted by atomic mass is 16.5. The third-order valence-corrected chi connectivity index (χ3v) is 3.52. The normalized spacial score (nSPS) is 16.0. The molecule has 6 heteroatoms. The first-order valence-corrected chi connectivity index (χ1v) is 7.52. The molecule has 122 valence electrons. The van der Waals surface area contributed by atoms with Gasteiger partial charge in [0.1, 0.15) is 0 Å². The minimum absolute atomic E-state index is 0.0345. The number of nitrogens with zero attached hydrogens (tertiary/aromatic N) is 1. The van der Waals surface area contributed by atoms with Gasteiger partial charge in [-0.25, -0.2) is 0 Å². The Kier molecular flexibility index (Phi) is 8.83. The molecule has 1 saturated heterocycles. The first-order valence-electron chi connectivity index (χ1n) is 7.52. The Balaban J connectivity index is 0.000000287. The molecule has 1 aromatic heterocycles. The summed E-state index contributed by atoms with van der Waals surface area (Å²) in [4.78, 5) is 24.6. The molecule has 2 rings (SSSR count). The van der Waals surface area contributed by atoms with Crippen LogP contribution in [0.2, 0.25) is 0 Å². The molecule has 2 heterocycles. The first kappa shape index (κ1) is 18.1. The number of carbonyl (C=O) groups is 2. The number of rotatable bonds is 6. The van der Waals surface area contributed by atoms with E-state index < -0.39 is 11.9 Å². The van der Waals surface area contributed by atoms with Crippen molar-refractivity contribution >= 4 is 12.4 Å². The van der Waals surface area contributed by atoms with Crippen molar-refractivity contribution < 1.29 is 19.4 Å². The summed E-state index contributed by atoms with van der Waals surface area (Å²) in [5, 5.41) is 12.0. The molecule has 1 unspecified atom stereocenters. The molecule has 0 amide bonds. The summed E-state index contributed by atoms with van der Waals surface area (Å²) in [6.07, 6.45) is 4.22. The van der Waals surface area contributed by atoms with E-state index in [1.807, 2.05) is 0 Å². The van der Waals surface area contributed by atoms with Gasteiger partial charge < -0.3 is 15.2 Å². The highest BCUT2D eigenvalue weighted by Crippen LogP contribution is 2.17. The summed E-state index contributed by atoms with van der Waals surface area (Å²) in [5.41, 5.74) is 0.613. The Morgan fingerprint density at radius 3 is 2.68 bits per heavy atom. The average molecular weight is 308 g/mol. The maximum Gasteiger partial charge on any atom is 0.304 e. The summed E-state index contributed by atoms with van der Waals surface area (Å²) in [6, 6.07) is 5.21. The molecule has 0 aliphatic carbocycles. The van der Waals surface area contributed by atoms with Crippen LogP contribution in [0.1, 0.15) is 37.8 Å². The third kappa shape index (κ3) is 7.73. The van der Waals surface area contributed by atoms with Gasteiger partial charge in [0.15, 0.2) is 0 Å². The van der Waals surface area contributed by atoms with Crippen LogP contribution in [0.3, 0.4) is 0 Å². The molecule has 0 aromatic carbocycles. The van der Waals surface area contributed by atoms with E-state index in [2.05, 4.69) is 22.0 Å². The Hall–Kier alpha value is -1.95. The van der Waals surface area contributed by atoms with Gasteiger partial charge in [0.05, 0.1) is 13.0 Å². The van der Waals surface area contributed by atoms with Crippen molar-refractivity contribution in [3.8, 4) is 0 Å². The van der Waals surface area contributed by atoms with E-state index in [1.165, 1.54) is 25.9 Å². The number of carboxylic acids is 1. The molecule has 6 nitrogen and oxygen atoms in total. The number of hydrogen-bond acceptors (Lipinski definition) is 5. The molecular weight excluding hydrogens is 284 g/mol. The van der Waals surface area contributed by atoms with Crippen LogP contribution in [0.15, 0.2) is 24.4 Å². The minimum Gasteiger partial charge on any atom is -0.481 e. The van der Waals surface area contributed by atoms with Crippen molar-refractivity contribution in [2.24, 2.45) is 5.92 Å². The fraction of sp³-hybridized carbons (Fsp3) is 0.562. The molecule has 1 aliphatic rings. The predicted molar refractivity (Wildman–Crippen MR) is 82.5 cm³/mol. The van der Waals surface area contributed by atoms with Crippen LogP contribution in [0.25, 0.3) is 0 Å². The monoisotopic (exact) mass is 308 g/mol. The van der Waals surface area contributed by atoms with Crippen LogP contribution < -0.4 is 5.32 Å². The van der Waals surface area contributed by atoms with Gasteiger partial charge in [-0.2, -0.15) is 0 Å². The number of ether oxygens (including phenoxy) is 1. The number of nitrogens with one attached hydrogen (secondary N) is 1. The number of piperidine rings is 1. The van der Waals surface area contributed by atoms with Gasteiger partial charge in [-0.05, 0) is 44.0 Å². The molecule has 1 aliphatic heterocycles. The summed E-state index contributed by atoms with van der Waals surface area (Å²) >= 11 is 0. The van der Waals surface area contributed by atoms with Crippen molar-refractivity contribution in [3.63, 3.8) is 0 Å². The highest BCUT2D eigenvalue weighted by Gasteiger charge is 2.17. The standard InChI is InChI=1S/C10H11NO4.C6H13N/c12-7-15-6-8(5-10(13)14)9-3-1-2-4-11-9;1-6-2-4-7-5-3-6/h1-4,7-8H,5-6H2,(H,13,14);6-7H,2-5H2,1H3. The van der Waals surface area contributed by atoms with E-state index in [1.54, 1.807) is 24.4 Å². The largest absolute Gasteiger partial charge is 0.481 e. The quantitative estimate of drug-likeness (QED) is 0.779. The summed E-state index contributed by atoms with van der Waals surface area (Å²) in [6.45, 7) is 5.13. The van der Waals surface area contributed by atoms with E-state index in [-0.39, 0.29) is 13.0 Å². The Bertz CT molecular complexity index is 433. The Morgan fingerprint density at radius 2 is 2.23 bits per heavy atom. The maximum atomic E-state index is 10.6. The topological polar surface area (TPSA) is 88.5 Å². The van der Waals surface area contributed by atoms with E-state index >= 15 is 0 Å². The third-order valence-electron chi connectivity index (χ3n) is 3.52. The zero-order valence-electron chi connectivity index (χ0n) is 12.9. The van der Waals surface area contributed by atoms with Gasteiger partial charge in [0.25, 0.3) is 6.47 Å². The number of hydrogen-bond donors (Lipinski definition) is 2. The number of carbonyl (C=O) groups excluding carboxylic acids is 1. The molecule has 0 radical (unpaired) electrons. The molecule has 1 fully saturated rings. The zero-order valence-corrected chi connectivity index (χ0v) is 12.9. The van der Waals surface area contributed by atoms with Crippen LogP contribution in [0.5, 0.6) is 0 Å². The molecule has 0 spiro atoms. The van der Waals surface area contributed by atoms with E-state index in [4.69, 9.17) is 5.11 Å². The van der Waals surface area contributed by atoms with Gasteiger partial charge in [0, 0.05) is 17.8 Å². The number of aliphatic carboxylic acids is 1. The lowest BCUT2D eigenvalue weighted by Crippen LogP contribution is -2.26. The molecule has 2 N–H and O–H groups in total. The van der Waals surface area contributed by atoms with Gasteiger partial charge in [-0.1, -0.05) is 13.0 Å². The second-order valence-corrected chi connectivity index (χ2v) is 5.41. The fourth-order valence-electron chi connectivity index (χ4n) is 2.20. The smallest absolute Gasteiger partial charge is 0.304 e. The second kappa shape index (κ2) is 10.7.